The Morgan fingerprint density at radius 2 is 2.19 bits per heavy atom. The Kier molecular flexibility index (Phi) is 4.96. The molecule has 0 radical (unpaired) electrons. The van der Waals surface area contributed by atoms with Crippen LogP contribution in [0.4, 0.5) is 5.69 Å². The Balaban J connectivity index is 2.16. The maximum atomic E-state index is 12.5. The van der Waals surface area contributed by atoms with Gasteiger partial charge in [0, 0.05) is 22.5 Å². The molecule has 0 aromatic carbocycles. The fraction of sp³-hybridized carbons (Fsp3) is 0.375. The van der Waals surface area contributed by atoms with Crippen molar-refractivity contribution in [3.05, 3.63) is 45.4 Å². The number of nitrogens with zero attached hydrogens (tertiary/aromatic N) is 1. The van der Waals surface area contributed by atoms with Gasteiger partial charge >= 0.3 is 0 Å². The number of thiophene rings is 1. The summed E-state index contributed by atoms with van der Waals surface area (Å²) in [7, 11) is 0. The molecular formula is C16H21N3OS. The number of amides is 1. The Hall–Kier alpha value is -1.88. The van der Waals surface area contributed by atoms with Crippen molar-refractivity contribution >= 4 is 22.9 Å². The van der Waals surface area contributed by atoms with Gasteiger partial charge in [0.25, 0.3) is 5.91 Å². The standard InChI is InChI=1S/C16H21N3OS/c1-5-18-15-9-17-7-6-13(15)16(20)19-11(3)14-8-10(2)21-12(14)4/h6-9,11,18H,5H2,1-4H3,(H,19,20). The highest BCUT2D eigenvalue weighted by atomic mass is 32.1. The first-order valence-corrected chi connectivity index (χ1v) is 7.90. The van der Waals surface area contributed by atoms with Gasteiger partial charge in [-0.05, 0) is 45.4 Å². The fourth-order valence-corrected chi connectivity index (χ4v) is 3.38. The van der Waals surface area contributed by atoms with E-state index in [1.54, 1.807) is 29.8 Å². The molecule has 21 heavy (non-hydrogen) atoms. The molecule has 0 spiro atoms. The maximum absolute atomic E-state index is 12.5. The molecule has 0 saturated heterocycles. The quantitative estimate of drug-likeness (QED) is 0.886. The topological polar surface area (TPSA) is 54.0 Å². The van der Waals surface area contributed by atoms with E-state index in [0.717, 1.165) is 12.2 Å². The molecule has 0 aliphatic heterocycles. The monoisotopic (exact) mass is 303 g/mol. The van der Waals surface area contributed by atoms with Crippen LogP contribution in [0.1, 0.15) is 45.6 Å². The average Bonchev–Trinajstić information content (AvgIpc) is 2.78. The van der Waals surface area contributed by atoms with Crippen LogP contribution in [-0.4, -0.2) is 17.4 Å². The van der Waals surface area contributed by atoms with Crippen LogP contribution in [0.5, 0.6) is 0 Å². The van der Waals surface area contributed by atoms with Crippen molar-refractivity contribution in [1.29, 1.82) is 0 Å². The largest absolute Gasteiger partial charge is 0.383 e. The number of carbonyl (C=O) groups is 1. The zero-order valence-electron chi connectivity index (χ0n) is 12.9. The molecule has 2 rings (SSSR count). The van der Waals surface area contributed by atoms with Crippen LogP contribution < -0.4 is 10.6 Å². The Labute approximate surface area is 129 Å². The molecule has 0 fully saturated rings. The summed E-state index contributed by atoms with van der Waals surface area (Å²) in [5.74, 6) is -0.0795. The molecule has 2 heterocycles. The van der Waals surface area contributed by atoms with Crippen molar-refractivity contribution in [1.82, 2.24) is 10.3 Å². The van der Waals surface area contributed by atoms with E-state index >= 15 is 0 Å². The minimum atomic E-state index is -0.0795. The first kappa shape index (κ1) is 15.5. The number of anilines is 1. The molecule has 0 saturated carbocycles. The normalized spacial score (nSPS) is 12.0. The zero-order valence-corrected chi connectivity index (χ0v) is 13.7. The molecule has 112 valence electrons. The van der Waals surface area contributed by atoms with E-state index in [1.807, 2.05) is 13.8 Å². The van der Waals surface area contributed by atoms with Crippen LogP contribution in [0, 0.1) is 13.8 Å². The smallest absolute Gasteiger partial charge is 0.253 e. The predicted octanol–water partition coefficient (Wildman–Crippen LogP) is 3.68. The first-order chi connectivity index (χ1) is 10.0. The van der Waals surface area contributed by atoms with E-state index in [1.165, 1.54) is 15.3 Å². The molecule has 1 unspecified atom stereocenters. The van der Waals surface area contributed by atoms with Crippen molar-refractivity contribution in [2.24, 2.45) is 0 Å². The number of hydrogen-bond acceptors (Lipinski definition) is 4. The van der Waals surface area contributed by atoms with Crippen molar-refractivity contribution in [3.8, 4) is 0 Å². The molecule has 2 aromatic heterocycles. The van der Waals surface area contributed by atoms with Gasteiger partial charge in [0.2, 0.25) is 0 Å². The average molecular weight is 303 g/mol. The van der Waals surface area contributed by atoms with Crippen LogP contribution in [0.25, 0.3) is 0 Å². The summed E-state index contributed by atoms with van der Waals surface area (Å²) in [6.07, 6.45) is 3.32. The molecule has 0 bridgehead atoms. The lowest BCUT2D eigenvalue weighted by atomic mass is 10.1. The lowest BCUT2D eigenvalue weighted by Crippen LogP contribution is -2.27. The predicted molar refractivity (Wildman–Crippen MR) is 88.1 cm³/mol. The van der Waals surface area contributed by atoms with Gasteiger partial charge in [-0.1, -0.05) is 0 Å². The van der Waals surface area contributed by atoms with Gasteiger partial charge in [0.15, 0.2) is 0 Å². The van der Waals surface area contributed by atoms with Crippen LogP contribution in [0.2, 0.25) is 0 Å². The van der Waals surface area contributed by atoms with E-state index in [4.69, 9.17) is 0 Å². The van der Waals surface area contributed by atoms with Crippen LogP contribution in [0.15, 0.2) is 24.5 Å². The first-order valence-electron chi connectivity index (χ1n) is 7.08. The van der Waals surface area contributed by atoms with Gasteiger partial charge in [-0.2, -0.15) is 0 Å². The number of aromatic nitrogens is 1. The third-order valence-electron chi connectivity index (χ3n) is 3.33. The molecule has 2 aromatic rings. The second kappa shape index (κ2) is 6.72. The second-order valence-corrected chi connectivity index (χ2v) is 6.48. The van der Waals surface area contributed by atoms with E-state index in [-0.39, 0.29) is 11.9 Å². The molecule has 5 heteroatoms. The van der Waals surface area contributed by atoms with Crippen molar-refractivity contribution in [2.75, 3.05) is 11.9 Å². The lowest BCUT2D eigenvalue weighted by Gasteiger charge is -2.16. The van der Waals surface area contributed by atoms with Crippen molar-refractivity contribution in [3.63, 3.8) is 0 Å². The van der Waals surface area contributed by atoms with Crippen LogP contribution >= 0.6 is 11.3 Å². The molecular weight excluding hydrogens is 282 g/mol. The van der Waals surface area contributed by atoms with Gasteiger partial charge in [0.1, 0.15) is 0 Å². The van der Waals surface area contributed by atoms with Crippen LogP contribution in [0.3, 0.4) is 0 Å². The number of nitrogens with one attached hydrogen (secondary N) is 2. The minimum Gasteiger partial charge on any atom is -0.383 e. The summed E-state index contributed by atoms with van der Waals surface area (Å²) in [5, 5.41) is 6.23. The van der Waals surface area contributed by atoms with Crippen LogP contribution in [-0.2, 0) is 0 Å². The molecule has 4 nitrogen and oxygen atoms in total. The number of rotatable bonds is 5. The van der Waals surface area contributed by atoms with Gasteiger partial charge in [-0.15, -0.1) is 11.3 Å². The highest BCUT2D eigenvalue weighted by Crippen LogP contribution is 2.26. The zero-order chi connectivity index (χ0) is 15.4. The molecule has 2 N–H and O–H groups in total. The molecule has 0 aliphatic rings. The molecule has 1 atom stereocenters. The molecule has 0 aliphatic carbocycles. The Bertz CT molecular complexity index is 636. The number of carbonyl (C=O) groups excluding carboxylic acids is 1. The Morgan fingerprint density at radius 1 is 1.43 bits per heavy atom. The van der Waals surface area contributed by atoms with Gasteiger partial charge in [-0.25, -0.2) is 0 Å². The highest BCUT2D eigenvalue weighted by molar-refractivity contribution is 7.12. The summed E-state index contributed by atoms with van der Waals surface area (Å²) in [6, 6.07) is 3.87. The highest BCUT2D eigenvalue weighted by Gasteiger charge is 2.17. The third-order valence-corrected chi connectivity index (χ3v) is 4.31. The second-order valence-electron chi connectivity index (χ2n) is 5.02. The van der Waals surface area contributed by atoms with E-state index < -0.39 is 0 Å². The summed E-state index contributed by atoms with van der Waals surface area (Å²) in [5.41, 5.74) is 2.58. The van der Waals surface area contributed by atoms with E-state index in [0.29, 0.717) is 5.56 Å². The maximum Gasteiger partial charge on any atom is 0.253 e. The fourth-order valence-electron chi connectivity index (χ4n) is 2.36. The lowest BCUT2D eigenvalue weighted by molar-refractivity contribution is 0.0940. The summed E-state index contributed by atoms with van der Waals surface area (Å²) in [4.78, 5) is 19.0. The molecule has 1 amide bonds. The van der Waals surface area contributed by atoms with Gasteiger partial charge in [0.05, 0.1) is 23.5 Å². The summed E-state index contributed by atoms with van der Waals surface area (Å²) >= 11 is 1.76. The van der Waals surface area contributed by atoms with Crippen molar-refractivity contribution in [2.45, 2.75) is 33.7 Å². The summed E-state index contributed by atoms with van der Waals surface area (Å²) < 4.78 is 0. The van der Waals surface area contributed by atoms with E-state index in [2.05, 4.69) is 35.5 Å². The van der Waals surface area contributed by atoms with Gasteiger partial charge < -0.3 is 10.6 Å². The van der Waals surface area contributed by atoms with E-state index in [9.17, 15) is 4.79 Å². The summed E-state index contributed by atoms with van der Waals surface area (Å²) in [6.45, 7) is 8.94. The Morgan fingerprint density at radius 3 is 2.81 bits per heavy atom. The van der Waals surface area contributed by atoms with Gasteiger partial charge in [-0.3, -0.25) is 9.78 Å². The third kappa shape index (κ3) is 3.61. The number of hydrogen-bond donors (Lipinski definition) is 2. The number of aryl methyl sites for hydroxylation is 2. The van der Waals surface area contributed by atoms with Crippen molar-refractivity contribution < 1.29 is 4.79 Å². The minimum absolute atomic E-state index is 0.00917. The number of pyridine rings is 1. The SMILES string of the molecule is CCNc1cnccc1C(=O)NC(C)c1cc(C)sc1C.